The van der Waals surface area contributed by atoms with Crippen molar-refractivity contribution in [2.45, 2.75) is 19.8 Å². The zero-order valence-electron chi connectivity index (χ0n) is 11.5. The number of carbonyl (C=O) groups excluding carboxylic acids is 1. The summed E-state index contributed by atoms with van der Waals surface area (Å²) in [5.41, 5.74) is 2.02. The molecule has 0 fully saturated rings. The van der Waals surface area contributed by atoms with Crippen molar-refractivity contribution in [2.24, 2.45) is 0 Å². The van der Waals surface area contributed by atoms with Crippen molar-refractivity contribution >= 4 is 5.91 Å². The van der Waals surface area contributed by atoms with E-state index in [9.17, 15) is 4.79 Å². The number of hydrogen-bond donors (Lipinski definition) is 2. The molecule has 0 unspecified atom stereocenters. The van der Waals surface area contributed by atoms with E-state index in [0.717, 1.165) is 16.9 Å². The summed E-state index contributed by atoms with van der Waals surface area (Å²) in [4.78, 5) is 11.6. The number of aliphatic hydroxyl groups excluding tert-OH is 1. The first-order valence-corrected chi connectivity index (χ1v) is 6.35. The molecule has 0 radical (unpaired) electrons. The maximum absolute atomic E-state index is 11.6. The van der Waals surface area contributed by atoms with E-state index in [0.29, 0.717) is 19.4 Å². The summed E-state index contributed by atoms with van der Waals surface area (Å²) in [6.45, 7) is 2.50. The number of benzene rings is 1. The lowest BCUT2D eigenvalue weighted by molar-refractivity contribution is -0.116. The molecule has 2 N–H and O–H groups in total. The summed E-state index contributed by atoms with van der Waals surface area (Å²) >= 11 is 0. The molecule has 0 saturated heterocycles. The fourth-order valence-electron chi connectivity index (χ4n) is 1.77. The zero-order chi connectivity index (χ0) is 14.1. The van der Waals surface area contributed by atoms with Gasteiger partial charge in [-0.25, -0.2) is 0 Å². The average Bonchev–Trinajstić information content (AvgIpc) is 2.39. The number of methoxy groups -OCH3 is 1. The topological polar surface area (TPSA) is 58.6 Å². The number of nitrogens with one attached hydrogen (secondary N) is 1. The Bertz CT molecular complexity index is 441. The van der Waals surface area contributed by atoms with E-state index in [1.54, 1.807) is 13.2 Å². The van der Waals surface area contributed by atoms with Crippen LogP contribution < -0.4 is 10.1 Å². The van der Waals surface area contributed by atoms with E-state index in [2.05, 4.69) is 5.32 Å². The highest BCUT2D eigenvalue weighted by Crippen LogP contribution is 2.20. The zero-order valence-corrected chi connectivity index (χ0v) is 11.5. The van der Waals surface area contributed by atoms with Gasteiger partial charge in [0.1, 0.15) is 5.75 Å². The molecule has 104 valence electrons. The predicted octanol–water partition coefficient (Wildman–Crippen LogP) is 1.68. The van der Waals surface area contributed by atoms with Crippen molar-refractivity contribution in [3.8, 4) is 5.75 Å². The quantitative estimate of drug-likeness (QED) is 0.581. The first-order valence-electron chi connectivity index (χ1n) is 6.35. The Morgan fingerprint density at radius 1 is 1.42 bits per heavy atom. The molecule has 19 heavy (non-hydrogen) atoms. The molecule has 1 rings (SSSR count). The van der Waals surface area contributed by atoms with Crippen LogP contribution in [0.1, 0.15) is 18.9 Å². The Kier molecular flexibility index (Phi) is 6.68. The Morgan fingerprint density at radius 3 is 2.84 bits per heavy atom. The first kappa shape index (κ1) is 15.2. The predicted molar refractivity (Wildman–Crippen MR) is 75.2 cm³/mol. The molecule has 0 saturated carbocycles. The average molecular weight is 263 g/mol. The fourth-order valence-corrected chi connectivity index (χ4v) is 1.77. The van der Waals surface area contributed by atoms with Gasteiger partial charge in [0.2, 0.25) is 5.91 Å². The fraction of sp³-hybridized carbons (Fsp3) is 0.400. The third kappa shape index (κ3) is 5.57. The van der Waals surface area contributed by atoms with Crippen LogP contribution in [0, 0.1) is 0 Å². The Labute approximate surface area is 114 Å². The molecule has 0 spiro atoms. The van der Waals surface area contributed by atoms with Crippen molar-refractivity contribution in [1.29, 1.82) is 0 Å². The van der Waals surface area contributed by atoms with Crippen LogP contribution in [0.3, 0.4) is 0 Å². The van der Waals surface area contributed by atoms with Gasteiger partial charge in [0.25, 0.3) is 0 Å². The van der Waals surface area contributed by atoms with Crippen molar-refractivity contribution in [2.75, 3.05) is 20.3 Å². The second kappa shape index (κ2) is 8.32. The molecular weight excluding hydrogens is 242 g/mol. The lowest BCUT2D eigenvalue weighted by Gasteiger charge is -2.08. The monoisotopic (exact) mass is 263 g/mol. The largest absolute Gasteiger partial charge is 0.496 e. The number of aliphatic hydroxyl groups is 1. The van der Waals surface area contributed by atoms with Gasteiger partial charge in [-0.3, -0.25) is 4.79 Å². The lowest BCUT2D eigenvalue weighted by atomic mass is 10.1. The molecule has 4 nitrogen and oxygen atoms in total. The number of allylic oxidation sites excluding steroid dienone is 1. The molecule has 0 atom stereocenters. The van der Waals surface area contributed by atoms with Gasteiger partial charge in [-0.2, -0.15) is 0 Å². The molecule has 1 aromatic rings. The third-order valence-electron chi connectivity index (χ3n) is 2.67. The molecule has 0 aliphatic carbocycles. The molecule has 1 aromatic carbocycles. The van der Waals surface area contributed by atoms with E-state index < -0.39 is 0 Å². The summed E-state index contributed by atoms with van der Waals surface area (Å²) in [7, 11) is 1.64. The van der Waals surface area contributed by atoms with Crippen LogP contribution in [0.25, 0.3) is 0 Å². The van der Waals surface area contributed by atoms with Gasteiger partial charge in [0.15, 0.2) is 0 Å². The van der Waals surface area contributed by atoms with E-state index in [1.807, 2.05) is 31.2 Å². The Balaban J connectivity index is 2.58. The van der Waals surface area contributed by atoms with Crippen LogP contribution in [0.15, 0.2) is 35.9 Å². The highest BCUT2D eigenvalue weighted by molar-refractivity contribution is 5.88. The van der Waals surface area contributed by atoms with E-state index in [1.165, 1.54) is 0 Å². The van der Waals surface area contributed by atoms with Crippen LogP contribution in [-0.2, 0) is 11.2 Å². The molecule has 0 aliphatic rings. The van der Waals surface area contributed by atoms with Gasteiger partial charge in [0, 0.05) is 19.2 Å². The number of amides is 1. The van der Waals surface area contributed by atoms with Crippen LogP contribution in [-0.4, -0.2) is 31.3 Å². The van der Waals surface area contributed by atoms with Crippen LogP contribution in [0.2, 0.25) is 0 Å². The number of rotatable bonds is 7. The number of para-hydroxylation sites is 1. The van der Waals surface area contributed by atoms with Crippen LogP contribution >= 0.6 is 0 Å². The van der Waals surface area contributed by atoms with Gasteiger partial charge in [-0.05, 0) is 31.4 Å². The summed E-state index contributed by atoms with van der Waals surface area (Å²) in [5, 5.41) is 11.4. The molecule has 0 heterocycles. The Morgan fingerprint density at radius 2 is 2.16 bits per heavy atom. The van der Waals surface area contributed by atoms with Crippen LogP contribution in [0.4, 0.5) is 0 Å². The second-order valence-corrected chi connectivity index (χ2v) is 4.35. The van der Waals surface area contributed by atoms with Gasteiger partial charge < -0.3 is 15.2 Å². The highest BCUT2D eigenvalue weighted by Gasteiger charge is 2.04. The van der Waals surface area contributed by atoms with Crippen molar-refractivity contribution in [3.05, 3.63) is 41.5 Å². The molecule has 0 aromatic heterocycles. The minimum atomic E-state index is -0.124. The third-order valence-corrected chi connectivity index (χ3v) is 2.67. The summed E-state index contributed by atoms with van der Waals surface area (Å²) in [5.74, 6) is 0.705. The normalized spacial score (nSPS) is 11.2. The van der Waals surface area contributed by atoms with Crippen LogP contribution in [0.5, 0.6) is 5.75 Å². The molecular formula is C15H21NO3. The first-order chi connectivity index (χ1) is 9.17. The van der Waals surface area contributed by atoms with E-state index >= 15 is 0 Å². The minimum Gasteiger partial charge on any atom is -0.496 e. The van der Waals surface area contributed by atoms with Gasteiger partial charge in [0.05, 0.1) is 7.11 Å². The maximum atomic E-state index is 11.6. The second-order valence-electron chi connectivity index (χ2n) is 4.35. The number of ether oxygens (including phenoxy) is 1. The summed E-state index contributed by atoms with van der Waals surface area (Å²) in [6.07, 6.45) is 2.84. The molecule has 0 aliphatic heterocycles. The SMILES string of the molecule is COc1ccccc1C/C(C)=C/C(=O)NCCCO. The maximum Gasteiger partial charge on any atom is 0.243 e. The number of carbonyl (C=O) groups is 1. The summed E-state index contributed by atoms with van der Waals surface area (Å²) < 4.78 is 5.28. The highest BCUT2D eigenvalue weighted by atomic mass is 16.5. The molecule has 1 amide bonds. The lowest BCUT2D eigenvalue weighted by Crippen LogP contribution is -2.23. The van der Waals surface area contributed by atoms with Crippen molar-refractivity contribution in [1.82, 2.24) is 5.32 Å². The summed E-state index contributed by atoms with van der Waals surface area (Å²) in [6, 6.07) is 7.76. The molecule has 0 bridgehead atoms. The van der Waals surface area contributed by atoms with Crippen molar-refractivity contribution in [3.63, 3.8) is 0 Å². The van der Waals surface area contributed by atoms with Gasteiger partial charge in [-0.1, -0.05) is 23.8 Å². The minimum absolute atomic E-state index is 0.0875. The smallest absolute Gasteiger partial charge is 0.243 e. The van der Waals surface area contributed by atoms with E-state index in [4.69, 9.17) is 9.84 Å². The van der Waals surface area contributed by atoms with E-state index in [-0.39, 0.29) is 12.5 Å². The van der Waals surface area contributed by atoms with Gasteiger partial charge in [-0.15, -0.1) is 0 Å². The standard InChI is InChI=1S/C15H21NO3/c1-12(11-15(18)16-8-5-9-17)10-13-6-3-4-7-14(13)19-2/h3-4,6-7,11,17H,5,8-10H2,1-2H3,(H,16,18)/b12-11+. The van der Waals surface area contributed by atoms with Crippen molar-refractivity contribution < 1.29 is 14.6 Å². The number of hydrogen-bond acceptors (Lipinski definition) is 3. The molecule has 4 heteroatoms. The van der Waals surface area contributed by atoms with Gasteiger partial charge >= 0.3 is 0 Å². The Hall–Kier alpha value is -1.81.